The summed E-state index contributed by atoms with van der Waals surface area (Å²) in [4.78, 5) is 11.1. The molecule has 1 unspecified atom stereocenters. The summed E-state index contributed by atoms with van der Waals surface area (Å²) in [5.74, 6) is -0.319. The first-order chi connectivity index (χ1) is 5.08. The zero-order chi connectivity index (χ0) is 8.48. The number of hydrogen-bond donors (Lipinski definition) is 1. The van der Waals surface area contributed by atoms with E-state index in [-0.39, 0.29) is 11.8 Å². The van der Waals surface area contributed by atoms with Gasteiger partial charge in [0.15, 0.2) is 0 Å². The Morgan fingerprint density at radius 2 is 2.36 bits per heavy atom. The molecule has 0 radical (unpaired) electrons. The third-order valence-corrected chi connectivity index (χ3v) is 2.40. The molecule has 1 aliphatic carbocycles. The van der Waals surface area contributed by atoms with Crippen molar-refractivity contribution >= 4 is 29.1 Å². The van der Waals surface area contributed by atoms with E-state index in [2.05, 4.69) is 11.9 Å². The average molecular weight is 194 g/mol. The molecule has 0 aromatic carbocycles. The number of carbonyl (C=O) groups excluding carboxylic acids is 1. The third-order valence-electron chi connectivity index (χ3n) is 1.56. The van der Waals surface area contributed by atoms with Gasteiger partial charge in [0.05, 0.1) is 5.92 Å². The smallest absolute Gasteiger partial charge is 0.226 e. The summed E-state index contributed by atoms with van der Waals surface area (Å²) in [5.41, 5.74) is 0. The first kappa shape index (κ1) is 8.88. The van der Waals surface area contributed by atoms with Crippen LogP contribution in [0.1, 0.15) is 6.42 Å². The predicted molar refractivity (Wildman–Crippen MR) is 45.8 cm³/mol. The van der Waals surface area contributed by atoms with Gasteiger partial charge >= 0.3 is 0 Å². The van der Waals surface area contributed by atoms with E-state index in [1.807, 2.05) is 0 Å². The molecule has 1 amide bonds. The largest absolute Gasteiger partial charge is 0.352 e. The number of nitrogens with one attached hydrogen (secondary N) is 1. The zero-order valence-corrected chi connectivity index (χ0v) is 7.45. The van der Waals surface area contributed by atoms with Gasteiger partial charge in [-0.25, -0.2) is 0 Å². The van der Waals surface area contributed by atoms with Crippen molar-refractivity contribution in [1.82, 2.24) is 5.32 Å². The fraction of sp³-hybridized carbons (Fsp3) is 0.571. The van der Waals surface area contributed by atoms with E-state index in [0.29, 0.717) is 13.0 Å². The van der Waals surface area contributed by atoms with Gasteiger partial charge in [-0.15, -0.1) is 29.8 Å². The molecule has 11 heavy (non-hydrogen) atoms. The van der Waals surface area contributed by atoms with Crippen molar-refractivity contribution in [1.29, 1.82) is 0 Å². The molecule has 0 aromatic rings. The number of rotatable bonds is 3. The summed E-state index contributed by atoms with van der Waals surface area (Å²) >= 11 is 11.3. The monoisotopic (exact) mass is 193 g/mol. The third kappa shape index (κ3) is 2.11. The van der Waals surface area contributed by atoms with E-state index in [0.717, 1.165) is 0 Å². The highest BCUT2D eigenvalue weighted by atomic mass is 35.5. The minimum atomic E-state index is -0.814. The van der Waals surface area contributed by atoms with Crippen molar-refractivity contribution in [3.05, 3.63) is 12.7 Å². The van der Waals surface area contributed by atoms with Gasteiger partial charge in [0.1, 0.15) is 4.33 Å². The lowest BCUT2D eigenvalue weighted by molar-refractivity contribution is -0.122. The first-order valence-electron chi connectivity index (χ1n) is 3.34. The Labute approximate surface area is 75.6 Å². The van der Waals surface area contributed by atoms with Crippen LogP contribution >= 0.6 is 23.2 Å². The molecule has 0 bridgehead atoms. The van der Waals surface area contributed by atoms with Crippen LogP contribution in [0, 0.1) is 5.92 Å². The van der Waals surface area contributed by atoms with Gasteiger partial charge in [0, 0.05) is 6.54 Å². The summed E-state index contributed by atoms with van der Waals surface area (Å²) in [6.45, 7) is 3.94. The lowest BCUT2D eigenvalue weighted by atomic mass is 10.4. The van der Waals surface area contributed by atoms with Crippen LogP contribution in [0.4, 0.5) is 0 Å². The van der Waals surface area contributed by atoms with E-state index < -0.39 is 4.33 Å². The Bertz CT molecular complexity index is 191. The second-order valence-corrected chi connectivity index (χ2v) is 4.09. The first-order valence-corrected chi connectivity index (χ1v) is 4.10. The van der Waals surface area contributed by atoms with Crippen LogP contribution < -0.4 is 5.32 Å². The second kappa shape index (κ2) is 3.03. The molecule has 0 spiro atoms. The lowest BCUT2D eigenvalue weighted by Gasteiger charge is -2.00. The molecule has 1 atom stereocenters. The minimum absolute atomic E-state index is 0.0881. The molecule has 1 rings (SSSR count). The van der Waals surface area contributed by atoms with Crippen molar-refractivity contribution in [3.63, 3.8) is 0 Å². The SMILES string of the molecule is C=CCNC(=O)C1CC1(Cl)Cl. The van der Waals surface area contributed by atoms with Gasteiger partial charge in [-0.3, -0.25) is 4.79 Å². The Hall–Kier alpha value is -0.210. The molecule has 1 fully saturated rings. The number of halogens is 2. The van der Waals surface area contributed by atoms with Gasteiger partial charge in [-0.2, -0.15) is 0 Å². The highest BCUT2D eigenvalue weighted by Gasteiger charge is 2.56. The van der Waals surface area contributed by atoms with Crippen LogP contribution in [0.5, 0.6) is 0 Å². The maximum absolute atomic E-state index is 11.1. The van der Waals surface area contributed by atoms with Crippen LogP contribution in [0.15, 0.2) is 12.7 Å². The number of amides is 1. The topological polar surface area (TPSA) is 29.1 Å². The number of alkyl halides is 2. The molecule has 2 nitrogen and oxygen atoms in total. The molecule has 0 heterocycles. The maximum Gasteiger partial charge on any atom is 0.226 e. The highest BCUT2D eigenvalue weighted by Crippen LogP contribution is 2.53. The van der Waals surface area contributed by atoms with E-state index in [9.17, 15) is 4.79 Å². The summed E-state index contributed by atoms with van der Waals surface area (Å²) in [7, 11) is 0. The average Bonchev–Trinajstić information content (AvgIpc) is 2.55. The summed E-state index contributed by atoms with van der Waals surface area (Å²) < 4.78 is -0.814. The normalized spacial score (nSPS) is 25.8. The van der Waals surface area contributed by atoms with Crippen molar-refractivity contribution in [2.75, 3.05) is 6.54 Å². The summed E-state index contributed by atoms with van der Waals surface area (Å²) in [6.07, 6.45) is 2.17. The molecular formula is C7H9Cl2NO. The van der Waals surface area contributed by atoms with E-state index >= 15 is 0 Å². The predicted octanol–water partition coefficient (Wildman–Crippen LogP) is 1.48. The summed E-state index contributed by atoms with van der Waals surface area (Å²) in [5, 5.41) is 2.62. The molecule has 1 N–H and O–H groups in total. The van der Waals surface area contributed by atoms with E-state index in [1.165, 1.54) is 0 Å². The maximum atomic E-state index is 11.1. The minimum Gasteiger partial charge on any atom is -0.352 e. The van der Waals surface area contributed by atoms with Crippen molar-refractivity contribution in [2.45, 2.75) is 10.8 Å². The number of carbonyl (C=O) groups is 1. The Balaban J connectivity index is 2.28. The number of hydrogen-bond acceptors (Lipinski definition) is 1. The molecule has 1 saturated carbocycles. The molecule has 0 aliphatic heterocycles. The molecular weight excluding hydrogens is 185 g/mol. The van der Waals surface area contributed by atoms with Crippen molar-refractivity contribution in [3.8, 4) is 0 Å². The van der Waals surface area contributed by atoms with E-state index in [1.54, 1.807) is 6.08 Å². The van der Waals surface area contributed by atoms with E-state index in [4.69, 9.17) is 23.2 Å². The van der Waals surface area contributed by atoms with Crippen LogP contribution in [-0.2, 0) is 4.79 Å². The fourth-order valence-corrected chi connectivity index (χ4v) is 1.30. The van der Waals surface area contributed by atoms with Crippen LogP contribution in [0.2, 0.25) is 0 Å². The molecule has 4 heteroatoms. The molecule has 62 valence electrons. The van der Waals surface area contributed by atoms with Gasteiger partial charge in [-0.1, -0.05) is 6.08 Å². The molecule has 1 aliphatic rings. The van der Waals surface area contributed by atoms with Crippen molar-refractivity contribution in [2.24, 2.45) is 5.92 Å². The second-order valence-electron chi connectivity index (χ2n) is 2.55. The zero-order valence-electron chi connectivity index (χ0n) is 5.94. The van der Waals surface area contributed by atoms with Crippen LogP contribution in [0.25, 0.3) is 0 Å². The Kier molecular flexibility index (Phi) is 2.45. The highest BCUT2D eigenvalue weighted by molar-refractivity contribution is 6.52. The lowest BCUT2D eigenvalue weighted by Crippen LogP contribution is -2.26. The Morgan fingerprint density at radius 3 is 2.73 bits per heavy atom. The fourth-order valence-electron chi connectivity index (χ4n) is 0.794. The van der Waals surface area contributed by atoms with Crippen molar-refractivity contribution < 1.29 is 4.79 Å². The quantitative estimate of drug-likeness (QED) is 0.535. The summed E-state index contributed by atoms with van der Waals surface area (Å²) in [6, 6.07) is 0. The van der Waals surface area contributed by atoms with Gasteiger partial charge in [0.25, 0.3) is 0 Å². The molecule has 0 saturated heterocycles. The van der Waals surface area contributed by atoms with Gasteiger partial charge in [0.2, 0.25) is 5.91 Å². The van der Waals surface area contributed by atoms with Crippen LogP contribution in [-0.4, -0.2) is 16.8 Å². The molecule has 0 aromatic heterocycles. The standard InChI is InChI=1S/C7H9Cl2NO/c1-2-3-10-6(11)5-4-7(5,8)9/h2,5H,1,3-4H2,(H,10,11). The van der Waals surface area contributed by atoms with Gasteiger partial charge < -0.3 is 5.32 Å². The van der Waals surface area contributed by atoms with Crippen LogP contribution in [0.3, 0.4) is 0 Å². The van der Waals surface area contributed by atoms with Gasteiger partial charge in [-0.05, 0) is 6.42 Å². The Morgan fingerprint density at radius 1 is 1.82 bits per heavy atom.